The highest BCUT2D eigenvalue weighted by molar-refractivity contribution is 7.71. The van der Waals surface area contributed by atoms with Crippen LogP contribution in [-0.4, -0.2) is 47.9 Å². The summed E-state index contributed by atoms with van der Waals surface area (Å²) in [5.74, 6) is 0. The van der Waals surface area contributed by atoms with Gasteiger partial charge in [0, 0.05) is 0 Å². The third-order valence-electron chi connectivity index (χ3n) is 1.92. The predicted molar refractivity (Wildman–Crippen MR) is 53.6 cm³/mol. The molecule has 3 N–H and O–H groups in total. The van der Waals surface area contributed by atoms with Gasteiger partial charge in [-0.1, -0.05) is 17.4 Å². The number of aliphatic hydroxyl groups is 2. The Morgan fingerprint density at radius 2 is 2.40 bits per heavy atom. The lowest BCUT2D eigenvalue weighted by Gasteiger charge is -2.06. The van der Waals surface area contributed by atoms with Gasteiger partial charge in [-0.3, -0.25) is 0 Å². The number of nitrogens with one attached hydrogen (secondary N) is 1. The molecule has 0 bridgehead atoms. The first-order valence-corrected chi connectivity index (χ1v) is 4.69. The molecule has 0 radical (unpaired) electrons. The van der Waals surface area contributed by atoms with Crippen LogP contribution in [0.1, 0.15) is 0 Å². The maximum atomic E-state index is 9.26. The Balaban J connectivity index is 2.45. The zero-order chi connectivity index (χ0) is 10.8. The number of aromatic amines is 1. The van der Waals surface area contributed by atoms with Crippen LogP contribution in [0, 0.1) is 4.64 Å². The Hall–Kier alpha value is -1.38. The van der Waals surface area contributed by atoms with Crippen molar-refractivity contribution < 1.29 is 10.2 Å². The van der Waals surface area contributed by atoms with Gasteiger partial charge >= 0.3 is 0 Å². The Morgan fingerprint density at radius 1 is 1.60 bits per heavy atom. The minimum Gasteiger partial charge on any atom is -0.394 e. The number of nitrogens with zero attached hydrogens (tertiary/aromatic N) is 4. The fourth-order valence-corrected chi connectivity index (χ4v) is 1.39. The number of aromatic nitrogens is 5. The SMILES string of the molecule is OCC(O)Cn1nnc2c(=S)nc[nH]c21. The summed E-state index contributed by atoms with van der Waals surface area (Å²) in [7, 11) is 0. The van der Waals surface area contributed by atoms with E-state index in [1.54, 1.807) is 0 Å². The minimum atomic E-state index is -0.870. The van der Waals surface area contributed by atoms with Gasteiger partial charge in [-0.25, -0.2) is 9.67 Å². The first-order chi connectivity index (χ1) is 7.22. The van der Waals surface area contributed by atoms with Gasteiger partial charge in [0.15, 0.2) is 15.8 Å². The van der Waals surface area contributed by atoms with Crippen LogP contribution in [0.2, 0.25) is 0 Å². The smallest absolute Gasteiger partial charge is 0.166 e. The van der Waals surface area contributed by atoms with E-state index in [1.165, 1.54) is 11.0 Å². The maximum Gasteiger partial charge on any atom is 0.166 e. The highest BCUT2D eigenvalue weighted by atomic mass is 32.1. The Morgan fingerprint density at radius 3 is 3.13 bits per heavy atom. The molecular weight excluding hydrogens is 218 g/mol. The molecule has 0 spiro atoms. The Labute approximate surface area is 89.4 Å². The van der Waals surface area contributed by atoms with Gasteiger partial charge in [0.05, 0.1) is 25.6 Å². The Kier molecular flexibility index (Phi) is 2.71. The van der Waals surface area contributed by atoms with Crippen molar-refractivity contribution >= 4 is 23.4 Å². The van der Waals surface area contributed by atoms with Gasteiger partial charge in [-0.2, -0.15) is 0 Å². The highest BCUT2D eigenvalue weighted by Crippen LogP contribution is 2.07. The number of rotatable bonds is 3. The van der Waals surface area contributed by atoms with Crippen molar-refractivity contribution in [1.82, 2.24) is 25.0 Å². The maximum absolute atomic E-state index is 9.26. The van der Waals surface area contributed by atoms with Crippen LogP contribution in [0.15, 0.2) is 6.33 Å². The van der Waals surface area contributed by atoms with Crippen LogP contribution in [0.25, 0.3) is 11.2 Å². The summed E-state index contributed by atoms with van der Waals surface area (Å²) < 4.78 is 1.79. The van der Waals surface area contributed by atoms with Gasteiger partial charge in [-0.05, 0) is 0 Å². The van der Waals surface area contributed by atoms with E-state index in [0.717, 1.165) is 0 Å². The lowest BCUT2D eigenvalue weighted by atomic mass is 10.4. The average Bonchev–Trinajstić information content (AvgIpc) is 2.63. The molecule has 0 aliphatic heterocycles. The van der Waals surface area contributed by atoms with E-state index in [4.69, 9.17) is 17.3 Å². The Bertz CT molecular complexity index is 521. The van der Waals surface area contributed by atoms with Crippen molar-refractivity contribution in [2.24, 2.45) is 0 Å². The molecule has 0 saturated carbocycles. The van der Waals surface area contributed by atoms with Crippen molar-refractivity contribution in [2.45, 2.75) is 12.6 Å². The normalized spacial score (nSPS) is 13.2. The summed E-state index contributed by atoms with van der Waals surface area (Å²) in [6, 6.07) is 0. The van der Waals surface area contributed by atoms with Crippen molar-refractivity contribution in [2.75, 3.05) is 6.61 Å². The zero-order valence-electron chi connectivity index (χ0n) is 7.66. The predicted octanol–water partition coefficient (Wildman–Crippen LogP) is -0.763. The third-order valence-corrected chi connectivity index (χ3v) is 2.21. The highest BCUT2D eigenvalue weighted by Gasteiger charge is 2.10. The molecule has 0 aliphatic rings. The van der Waals surface area contributed by atoms with Gasteiger partial charge in [0.1, 0.15) is 0 Å². The first-order valence-electron chi connectivity index (χ1n) is 4.28. The van der Waals surface area contributed by atoms with E-state index >= 15 is 0 Å². The van der Waals surface area contributed by atoms with E-state index in [2.05, 4.69) is 20.3 Å². The second-order valence-corrected chi connectivity index (χ2v) is 3.40. The molecule has 8 heteroatoms. The monoisotopic (exact) mass is 227 g/mol. The van der Waals surface area contributed by atoms with Crippen LogP contribution in [0.5, 0.6) is 0 Å². The molecule has 2 aromatic rings. The molecule has 2 heterocycles. The van der Waals surface area contributed by atoms with E-state index in [9.17, 15) is 5.11 Å². The lowest BCUT2D eigenvalue weighted by molar-refractivity contribution is 0.0787. The summed E-state index contributed by atoms with van der Waals surface area (Å²) in [5, 5.41) is 25.6. The fraction of sp³-hybridized carbons (Fsp3) is 0.429. The summed E-state index contributed by atoms with van der Waals surface area (Å²) in [5.41, 5.74) is 1.07. The molecule has 2 rings (SSSR count). The molecular formula is C7H9N5O2S. The second-order valence-electron chi connectivity index (χ2n) is 3.01. The van der Waals surface area contributed by atoms with E-state index in [0.29, 0.717) is 15.8 Å². The summed E-state index contributed by atoms with van der Waals surface area (Å²) in [6.07, 6.45) is 0.570. The molecule has 0 fully saturated rings. The third kappa shape index (κ3) is 1.87. The largest absolute Gasteiger partial charge is 0.394 e. The summed E-state index contributed by atoms with van der Waals surface area (Å²) in [6.45, 7) is -0.171. The molecule has 15 heavy (non-hydrogen) atoms. The second kappa shape index (κ2) is 4.01. The van der Waals surface area contributed by atoms with Gasteiger partial charge in [-0.15, -0.1) is 5.10 Å². The summed E-state index contributed by atoms with van der Waals surface area (Å²) >= 11 is 4.95. The van der Waals surface area contributed by atoms with Gasteiger partial charge in [0.2, 0.25) is 0 Å². The van der Waals surface area contributed by atoms with Crippen molar-refractivity contribution in [3.05, 3.63) is 11.0 Å². The van der Waals surface area contributed by atoms with Crippen LogP contribution in [0.4, 0.5) is 0 Å². The number of hydrogen-bond acceptors (Lipinski definition) is 6. The van der Waals surface area contributed by atoms with Crippen LogP contribution >= 0.6 is 12.2 Å². The molecule has 2 aromatic heterocycles. The van der Waals surface area contributed by atoms with E-state index in [-0.39, 0.29) is 13.2 Å². The lowest BCUT2D eigenvalue weighted by Crippen LogP contribution is -2.20. The van der Waals surface area contributed by atoms with Crippen molar-refractivity contribution in [3.8, 4) is 0 Å². The quantitative estimate of drug-likeness (QED) is 0.596. The molecule has 1 atom stereocenters. The minimum absolute atomic E-state index is 0.155. The molecule has 0 amide bonds. The van der Waals surface area contributed by atoms with Crippen LogP contribution in [0.3, 0.4) is 0 Å². The standard InChI is InChI=1S/C7H9N5O2S/c13-2-4(14)1-12-6-5(10-11-12)7(15)9-3-8-6/h3-4,13-14H,1-2H2,(H,8,9,15). The van der Waals surface area contributed by atoms with Crippen molar-refractivity contribution in [1.29, 1.82) is 0 Å². The molecule has 0 saturated heterocycles. The molecule has 0 aliphatic carbocycles. The van der Waals surface area contributed by atoms with Gasteiger partial charge < -0.3 is 15.2 Å². The fourth-order valence-electron chi connectivity index (χ4n) is 1.20. The zero-order valence-corrected chi connectivity index (χ0v) is 8.48. The van der Waals surface area contributed by atoms with E-state index in [1.807, 2.05) is 0 Å². The van der Waals surface area contributed by atoms with Gasteiger partial charge in [0.25, 0.3) is 0 Å². The van der Waals surface area contributed by atoms with Crippen LogP contribution in [-0.2, 0) is 6.54 Å². The summed E-state index contributed by atoms with van der Waals surface area (Å²) in [4.78, 5) is 6.69. The van der Waals surface area contributed by atoms with Crippen molar-refractivity contribution in [3.63, 3.8) is 0 Å². The molecule has 7 nitrogen and oxygen atoms in total. The molecule has 80 valence electrons. The number of hydrogen-bond donors (Lipinski definition) is 3. The number of H-pyrrole nitrogens is 1. The van der Waals surface area contributed by atoms with Crippen LogP contribution < -0.4 is 0 Å². The average molecular weight is 227 g/mol. The first kappa shape index (κ1) is 10.1. The number of aliphatic hydroxyl groups excluding tert-OH is 2. The van der Waals surface area contributed by atoms with E-state index < -0.39 is 6.10 Å². The molecule has 0 aromatic carbocycles. The number of fused-ring (bicyclic) bond motifs is 1. The topological polar surface area (TPSA) is 99.8 Å². The molecule has 1 unspecified atom stereocenters.